The van der Waals surface area contributed by atoms with Crippen molar-refractivity contribution in [2.24, 2.45) is 45.9 Å². The first-order valence-corrected chi connectivity index (χ1v) is 35.1. The summed E-state index contributed by atoms with van der Waals surface area (Å²) in [5.41, 5.74) is 18.7. The number of rotatable bonds is 31. The van der Waals surface area contributed by atoms with Crippen LogP contribution in [0.25, 0.3) is 0 Å². The van der Waals surface area contributed by atoms with Crippen LogP contribution in [0.3, 0.4) is 0 Å². The van der Waals surface area contributed by atoms with E-state index in [0.29, 0.717) is 16.3 Å². The first-order valence-electron chi connectivity index (χ1n) is 34.1. The number of aliphatic imine (C=N–C) groups is 1. The summed E-state index contributed by atoms with van der Waals surface area (Å²) in [6, 6.07) is -8.34. The van der Waals surface area contributed by atoms with Crippen LogP contribution in [0.5, 0.6) is 0 Å². The molecule has 35 heteroatoms. The third kappa shape index (κ3) is 29.2. The van der Waals surface area contributed by atoms with Crippen molar-refractivity contribution < 1.29 is 96.8 Å². The van der Waals surface area contributed by atoms with Gasteiger partial charge in [0.15, 0.2) is 0 Å². The van der Waals surface area contributed by atoms with E-state index in [4.69, 9.17) is 17.2 Å². The van der Waals surface area contributed by atoms with Crippen molar-refractivity contribution in [1.82, 2.24) is 68.5 Å². The molecule has 2 aliphatic rings. The maximum absolute atomic E-state index is 14.9. The normalized spacial score (nSPS) is 22.9. The molecule has 1 aromatic heterocycles. The number of imidazole rings is 1. The van der Waals surface area contributed by atoms with E-state index in [-0.39, 0.29) is 114 Å². The fourth-order valence-corrected chi connectivity index (χ4v) is 12.0. The number of H-pyrrole nitrogens is 1. The van der Waals surface area contributed by atoms with Gasteiger partial charge in [0.05, 0.1) is 30.3 Å². The topological polar surface area (TPSA) is 531 Å². The molecule has 0 spiro atoms. The van der Waals surface area contributed by atoms with Crippen LogP contribution in [-0.2, 0) is 99.4 Å². The first-order chi connectivity index (χ1) is 47.4. The average Bonchev–Trinajstić information content (AvgIpc) is 1.83. The number of primary amides is 1. The van der Waals surface area contributed by atoms with E-state index < -0.39 is 193 Å². The molecule has 15 atom stereocenters. The second kappa shape index (κ2) is 44.1. The van der Waals surface area contributed by atoms with E-state index in [1.165, 1.54) is 24.3 Å². The molecule has 0 bridgehead atoms. The number of hydrogen-bond donors (Lipinski definition) is 17. The molecule has 12 amide bonds. The van der Waals surface area contributed by atoms with Crippen molar-refractivity contribution in [1.29, 1.82) is 0 Å². The summed E-state index contributed by atoms with van der Waals surface area (Å²) in [5.74, 6) is -15.4. The zero-order valence-electron chi connectivity index (χ0n) is 58.9. The minimum absolute atomic E-state index is 0. The van der Waals surface area contributed by atoms with Crippen molar-refractivity contribution in [2.45, 2.75) is 224 Å². The molecule has 0 radical (unpaired) electrons. The van der Waals surface area contributed by atoms with Gasteiger partial charge in [-0.3, -0.25) is 72.1 Å². The largest absolute Gasteiger partial charge is 2.00 e. The number of aliphatic carboxylic acids is 2. The van der Waals surface area contributed by atoms with Gasteiger partial charge in [-0.1, -0.05) is 105 Å². The summed E-state index contributed by atoms with van der Waals surface area (Å²) in [6.07, 6.45) is 0.368. The molecule has 4 rings (SSSR count). The van der Waals surface area contributed by atoms with Crippen molar-refractivity contribution in [2.75, 3.05) is 18.8 Å². The Hall–Kier alpha value is -8.43. The molecule has 33 nitrogen and oxygen atoms in total. The number of nitrogens with one attached hydrogen (secondary N) is 12. The SMILES string of the molecule is CCC(C)C(N)C1=NC(C(=O)NC(CC(C)C)C(=O)NC(CCC(=O)O)C(=O)NC(C(=O)NC2CCCCNC(=O)C(CC(N)=O)NC(=O)C(CC(=O)O)NC(=O)C(Cc3cnc[nH]3)NC(=O)C(Cc3ccccc3)NC(=O)C(C(C)CC)NC(=O)C(CCCN)NC2=O)C(C)CC)CS1.[Zn+2]. The van der Waals surface area contributed by atoms with Crippen molar-refractivity contribution in [3.8, 4) is 0 Å². The van der Waals surface area contributed by atoms with Crippen LogP contribution in [0.2, 0.25) is 0 Å². The van der Waals surface area contributed by atoms with Gasteiger partial charge in [0.25, 0.3) is 0 Å². The quantitative estimate of drug-likeness (QED) is 0.0375. The molecule has 3 heterocycles. The number of carbonyl (C=O) groups is 14. The number of thioether (sulfide) groups is 1. The van der Waals surface area contributed by atoms with E-state index in [1.54, 1.807) is 58.0 Å². The number of hydrogen-bond acceptors (Lipinski definition) is 19. The summed E-state index contributed by atoms with van der Waals surface area (Å²) in [5, 5.41) is 49.1. The third-order valence-electron chi connectivity index (χ3n) is 17.5. The van der Waals surface area contributed by atoms with Crippen LogP contribution in [0, 0.1) is 23.7 Å². The Morgan fingerprint density at radius 1 is 0.663 bits per heavy atom. The van der Waals surface area contributed by atoms with E-state index in [2.05, 4.69) is 73.4 Å². The summed E-state index contributed by atoms with van der Waals surface area (Å²) >= 11 is 1.35. The molecule has 554 valence electrons. The Kier molecular flexibility index (Phi) is 37.9. The van der Waals surface area contributed by atoms with Gasteiger partial charge in [-0.15, -0.1) is 11.8 Å². The molecule has 1 fully saturated rings. The molecule has 2 aliphatic heterocycles. The molecular formula is C66H103N17O16SZn+2. The van der Waals surface area contributed by atoms with Gasteiger partial charge in [0, 0.05) is 43.5 Å². The number of carboxylic acids is 2. The van der Waals surface area contributed by atoms with E-state index in [9.17, 15) is 77.3 Å². The number of carboxylic acid groups (broad SMARTS) is 2. The molecule has 101 heavy (non-hydrogen) atoms. The minimum Gasteiger partial charge on any atom is -0.481 e. The molecule has 0 aliphatic carbocycles. The third-order valence-corrected chi connectivity index (χ3v) is 18.6. The van der Waals surface area contributed by atoms with Gasteiger partial charge in [-0.2, -0.15) is 0 Å². The maximum atomic E-state index is 14.9. The Balaban J connectivity index is 0.0000265. The Morgan fingerprint density at radius 3 is 1.84 bits per heavy atom. The molecule has 15 unspecified atom stereocenters. The number of nitrogens with two attached hydrogens (primary N) is 3. The van der Waals surface area contributed by atoms with E-state index in [0.717, 1.165) is 6.42 Å². The summed E-state index contributed by atoms with van der Waals surface area (Å²) in [7, 11) is 0. The van der Waals surface area contributed by atoms with Gasteiger partial charge >= 0.3 is 31.4 Å². The number of aromatic amines is 1. The van der Waals surface area contributed by atoms with Crippen LogP contribution < -0.4 is 75.7 Å². The predicted octanol–water partition coefficient (Wildman–Crippen LogP) is -1.68. The standard InChI is InChI=1S/C66H103N17O16S.Zn/c1-9-35(6)52(69)66-81-48(32-100-66)63(97)76-43(26-34(4)5)59(93)74-42(22-23-50(85)86)58(92)83-53(36(7)10-2)64(98)75-40-20-15-16-25-71-55(89)46(29-49(68)84)78-62(96)47(30-51(87)88)79-61(95)45(28-39-31-70-33-72-39)77-60(94)44(27-38-18-13-12-14-19-38)80-65(99)54(37(8)11-3)82-57(91)41(21-17-24-67)73-56(40)90;/h12-14,18-19,31,33-37,40-48,52-54H,9-11,15-17,20-30,32,67,69H2,1-8H3,(H2,68,84)(H,70,72)(H,71,89)(H,73,90)(H,74,93)(H,75,98)(H,76,97)(H,77,94)(H,78,96)(H,79,95)(H,80,99)(H,82,91)(H,83,92)(H,85,86)(H,87,88);/q;+2. The van der Waals surface area contributed by atoms with Gasteiger partial charge in [0.2, 0.25) is 70.9 Å². The second-order valence-electron chi connectivity index (χ2n) is 26.0. The summed E-state index contributed by atoms with van der Waals surface area (Å²) < 4.78 is 0. The second-order valence-corrected chi connectivity index (χ2v) is 27.0. The Bertz CT molecular complexity index is 3170. The van der Waals surface area contributed by atoms with Crippen LogP contribution in [0.1, 0.15) is 150 Å². The van der Waals surface area contributed by atoms with Crippen LogP contribution in [0.15, 0.2) is 47.8 Å². The Morgan fingerprint density at radius 2 is 1.26 bits per heavy atom. The number of aromatic nitrogens is 2. The molecular weight excluding hydrogens is 1380 g/mol. The first kappa shape index (κ1) is 86.8. The van der Waals surface area contributed by atoms with Crippen molar-refractivity contribution >= 4 is 99.6 Å². The smallest absolute Gasteiger partial charge is 0.481 e. The fourth-order valence-electron chi connectivity index (χ4n) is 10.9. The molecule has 2 aromatic rings. The predicted molar refractivity (Wildman–Crippen MR) is 369 cm³/mol. The zero-order chi connectivity index (χ0) is 74.3. The maximum Gasteiger partial charge on any atom is 2.00 e. The van der Waals surface area contributed by atoms with Crippen LogP contribution in [-0.4, -0.2) is 199 Å². The van der Waals surface area contributed by atoms with Gasteiger partial charge in [-0.05, 0) is 80.7 Å². The van der Waals surface area contributed by atoms with E-state index in [1.807, 2.05) is 27.7 Å². The Labute approximate surface area is 605 Å². The van der Waals surface area contributed by atoms with Crippen molar-refractivity contribution in [3.63, 3.8) is 0 Å². The fraction of sp³-hybridized carbons (Fsp3) is 0.636. The molecule has 20 N–H and O–H groups in total. The van der Waals surface area contributed by atoms with Crippen LogP contribution in [0.4, 0.5) is 0 Å². The number of amides is 12. The minimum atomic E-state index is -1.94. The van der Waals surface area contributed by atoms with Gasteiger partial charge in [0.1, 0.15) is 66.5 Å². The average molecular weight is 1490 g/mol. The molecule has 1 aromatic carbocycles. The van der Waals surface area contributed by atoms with Crippen molar-refractivity contribution in [3.05, 3.63) is 54.1 Å². The zero-order valence-corrected chi connectivity index (χ0v) is 62.6. The van der Waals surface area contributed by atoms with Crippen LogP contribution >= 0.6 is 11.8 Å². The van der Waals surface area contributed by atoms with E-state index >= 15 is 0 Å². The molecule has 1 saturated heterocycles. The van der Waals surface area contributed by atoms with Gasteiger partial charge in [-0.25, -0.2) is 4.98 Å². The number of carbonyl (C=O) groups excluding carboxylic acids is 12. The molecule has 0 saturated carbocycles. The summed E-state index contributed by atoms with van der Waals surface area (Å²) in [4.78, 5) is 207. The summed E-state index contributed by atoms with van der Waals surface area (Å²) in [6.45, 7) is 14.1. The number of benzene rings is 1. The van der Waals surface area contributed by atoms with Gasteiger partial charge < -0.3 is 90.9 Å². The number of nitrogens with zero attached hydrogens (tertiary/aromatic N) is 2. The monoisotopic (exact) mass is 1490 g/mol.